The number of nitrogens with zero attached hydrogens (tertiary/aromatic N) is 2. The normalized spacial score (nSPS) is 33.9. The summed E-state index contributed by atoms with van der Waals surface area (Å²) in [7, 11) is 0. The summed E-state index contributed by atoms with van der Waals surface area (Å²) in [4.78, 5) is 5.42. The van der Waals surface area contributed by atoms with Gasteiger partial charge in [-0.2, -0.15) is 0 Å². The van der Waals surface area contributed by atoms with E-state index in [1.165, 1.54) is 84.3 Å². The Bertz CT molecular complexity index is 274. The monoisotopic (exact) mass is 265 g/mol. The minimum Gasteiger partial charge on any atom is -0.310 e. The molecule has 0 radical (unpaired) electrons. The van der Waals surface area contributed by atoms with E-state index in [2.05, 4.69) is 22.0 Å². The Balaban J connectivity index is 1.44. The second-order valence-corrected chi connectivity index (χ2v) is 7.08. The Morgan fingerprint density at radius 2 is 1.84 bits per heavy atom. The molecular weight excluding hydrogens is 234 g/mol. The molecule has 3 fully saturated rings. The molecule has 1 aliphatic carbocycles. The summed E-state index contributed by atoms with van der Waals surface area (Å²) < 4.78 is 0. The van der Waals surface area contributed by atoms with Crippen LogP contribution in [0.3, 0.4) is 0 Å². The van der Waals surface area contributed by atoms with Crippen molar-refractivity contribution in [1.29, 1.82) is 0 Å². The molecule has 0 aromatic rings. The molecule has 2 heterocycles. The molecule has 3 rings (SSSR count). The fourth-order valence-electron chi connectivity index (χ4n) is 4.00. The first-order valence-electron chi connectivity index (χ1n) is 8.49. The molecule has 110 valence electrons. The van der Waals surface area contributed by atoms with E-state index < -0.39 is 0 Å². The van der Waals surface area contributed by atoms with Crippen molar-refractivity contribution < 1.29 is 0 Å². The van der Waals surface area contributed by atoms with Crippen molar-refractivity contribution in [2.24, 2.45) is 5.92 Å². The molecule has 2 aliphatic heterocycles. The van der Waals surface area contributed by atoms with Gasteiger partial charge in [-0.1, -0.05) is 13.3 Å². The largest absolute Gasteiger partial charge is 0.310 e. The highest BCUT2D eigenvalue weighted by atomic mass is 15.3. The first-order chi connectivity index (χ1) is 9.30. The summed E-state index contributed by atoms with van der Waals surface area (Å²) >= 11 is 0. The van der Waals surface area contributed by atoms with Crippen LogP contribution < -0.4 is 5.32 Å². The topological polar surface area (TPSA) is 18.5 Å². The first kappa shape index (κ1) is 13.8. The molecule has 1 saturated carbocycles. The van der Waals surface area contributed by atoms with E-state index >= 15 is 0 Å². The third kappa shape index (κ3) is 3.71. The van der Waals surface area contributed by atoms with Crippen LogP contribution in [-0.4, -0.2) is 61.2 Å². The number of nitrogens with one attached hydrogen (secondary N) is 1. The lowest BCUT2D eigenvalue weighted by molar-refractivity contribution is 0.0990. The predicted molar refractivity (Wildman–Crippen MR) is 80.5 cm³/mol. The van der Waals surface area contributed by atoms with Crippen LogP contribution >= 0.6 is 0 Å². The van der Waals surface area contributed by atoms with Gasteiger partial charge >= 0.3 is 0 Å². The van der Waals surface area contributed by atoms with Crippen molar-refractivity contribution in [3.63, 3.8) is 0 Å². The van der Waals surface area contributed by atoms with E-state index in [0.29, 0.717) is 5.54 Å². The van der Waals surface area contributed by atoms with Crippen molar-refractivity contribution in [2.45, 2.75) is 51.0 Å². The third-order valence-electron chi connectivity index (χ3n) is 5.27. The molecular formula is C16H31N3. The summed E-state index contributed by atoms with van der Waals surface area (Å²) in [5.74, 6) is 1.05. The minimum atomic E-state index is 0.452. The van der Waals surface area contributed by atoms with Gasteiger partial charge in [0.25, 0.3) is 0 Å². The first-order valence-corrected chi connectivity index (χ1v) is 8.49. The second-order valence-electron chi connectivity index (χ2n) is 7.08. The smallest absolute Gasteiger partial charge is 0.0309 e. The maximum Gasteiger partial charge on any atom is 0.0309 e. The summed E-state index contributed by atoms with van der Waals surface area (Å²) in [6, 6.07) is 0. The molecule has 3 heteroatoms. The zero-order valence-corrected chi connectivity index (χ0v) is 12.7. The van der Waals surface area contributed by atoms with Gasteiger partial charge in [-0.3, -0.25) is 4.90 Å². The van der Waals surface area contributed by atoms with Gasteiger partial charge in [0.05, 0.1) is 0 Å². The molecule has 0 aromatic heterocycles. The summed E-state index contributed by atoms with van der Waals surface area (Å²) in [5.41, 5.74) is 0.452. The van der Waals surface area contributed by atoms with Crippen LogP contribution in [0, 0.1) is 5.92 Å². The van der Waals surface area contributed by atoms with E-state index in [9.17, 15) is 0 Å². The van der Waals surface area contributed by atoms with Crippen LogP contribution in [0.5, 0.6) is 0 Å². The summed E-state index contributed by atoms with van der Waals surface area (Å²) in [6.45, 7) is 11.4. The summed E-state index contributed by atoms with van der Waals surface area (Å²) in [6.07, 6.45) is 8.42. The lowest BCUT2D eigenvalue weighted by atomic mass is 9.91. The molecule has 3 aliphatic rings. The standard InChI is InChI=1S/C16H31N3/c1-2-6-16(7-3-8-17-16)14-19-11-9-18(10-12-19)13-15-4-5-15/h15,17H,2-14H2,1H3. The van der Waals surface area contributed by atoms with Crippen LogP contribution in [0.2, 0.25) is 0 Å². The van der Waals surface area contributed by atoms with Crippen molar-refractivity contribution in [3.05, 3.63) is 0 Å². The quantitative estimate of drug-likeness (QED) is 0.792. The van der Waals surface area contributed by atoms with Crippen molar-refractivity contribution in [2.75, 3.05) is 45.8 Å². The fraction of sp³-hybridized carbons (Fsp3) is 1.00. The van der Waals surface area contributed by atoms with Crippen LogP contribution in [0.25, 0.3) is 0 Å². The number of rotatable bonds is 6. The zero-order valence-electron chi connectivity index (χ0n) is 12.7. The molecule has 1 unspecified atom stereocenters. The second kappa shape index (κ2) is 6.11. The van der Waals surface area contributed by atoms with E-state index in [-0.39, 0.29) is 0 Å². The van der Waals surface area contributed by atoms with Crippen LogP contribution in [-0.2, 0) is 0 Å². The molecule has 0 amide bonds. The van der Waals surface area contributed by atoms with Gasteiger partial charge in [0, 0.05) is 44.8 Å². The van der Waals surface area contributed by atoms with Crippen molar-refractivity contribution in [3.8, 4) is 0 Å². The van der Waals surface area contributed by atoms with Crippen LogP contribution in [0.4, 0.5) is 0 Å². The van der Waals surface area contributed by atoms with Gasteiger partial charge < -0.3 is 10.2 Å². The van der Waals surface area contributed by atoms with Gasteiger partial charge in [-0.25, -0.2) is 0 Å². The lowest BCUT2D eigenvalue weighted by Crippen LogP contribution is -2.55. The van der Waals surface area contributed by atoms with Crippen molar-refractivity contribution in [1.82, 2.24) is 15.1 Å². The molecule has 2 saturated heterocycles. The van der Waals surface area contributed by atoms with E-state index in [4.69, 9.17) is 0 Å². The molecule has 1 N–H and O–H groups in total. The molecule has 19 heavy (non-hydrogen) atoms. The van der Waals surface area contributed by atoms with Crippen molar-refractivity contribution >= 4 is 0 Å². The average Bonchev–Trinajstić information content (AvgIpc) is 3.11. The third-order valence-corrected chi connectivity index (χ3v) is 5.27. The van der Waals surface area contributed by atoms with Crippen LogP contribution in [0.15, 0.2) is 0 Å². The number of piperazine rings is 1. The average molecular weight is 265 g/mol. The van der Waals surface area contributed by atoms with E-state index in [1.807, 2.05) is 0 Å². The Labute approximate surface area is 118 Å². The minimum absolute atomic E-state index is 0.452. The number of hydrogen-bond acceptors (Lipinski definition) is 3. The maximum atomic E-state index is 3.82. The number of hydrogen-bond donors (Lipinski definition) is 1. The van der Waals surface area contributed by atoms with Gasteiger partial charge in [0.15, 0.2) is 0 Å². The fourth-order valence-corrected chi connectivity index (χ4v) is 4.00. The maximum absolute atomic E-state index is 3.82. The van der Waals surface area contributed by atoms with Crippen LogP contribution in [0.1, 0.15) is 45.4 Å². The molecule has 0 bridgehead atoms. The molecule has 0 spiro atoms. The Morgan fingerprint density at radius 3 is 2.42 bits per heavy atom. The lowest BCUT2D eigenvalue weighted by Gasteiger charge is -2.40. The van der Waals surface area contributed by atoms with Gasteiger partial charge in [0.2, 0.25) is 0 Å². The summed E-state index contributed by atoms with van der Waals surface area (Å²) in [5, 5.41) is 3.82. The molecule has 1 atom stereocenters. The highest BCUT2D eigenvalue weighted by Gasteiger charge is 2.35. The molecule has 3 nitrogen and oxygen atoms in total. The highest BCUT2D eigenvalue weighted by Crippen LogP contribution is 2.30. The Morgan fingerprint density at radius 1 is 1.11 bits per heavy atom. The van der Waals surface area contributed by atoms with E-state index in [1.54, 1.807) is 0 Å². The SMILES string of the molecule is CCCC1(CN2CCN(CC3CC3)CC2)CCCN1. The van der Waals surface area contributed by atoms with Gasteiger partial charge in [-0.05, 0) is 44.6 Å². The Kier molecular flexibility index (Phi) is 4.45. The zero-order chi connectivity index (χ0) is 13.1. The van der Waals surface area contributed by atoms with Gasteiger partial charge in [0.1, 0.15) is 0 Å². The highest BCUT2D eigenvalue weighted by molar-refractivity contribution is 4.96. The molecule has 0 aromatic carbocycles. The van der Waals surface area contributed by atoms with E-state index in [0.717, 1.165) is 5.92 Å². The predicted octanol–water partition coefficient (Wildman–Crippen LogP) is 1.94. The van der Waals surface area contributed by atoms with Gasteiger partial charge in [-0.15, -0.1) is 0 Å². The Hall–Kier alpha value is -0.120.